The van der Waals surface area contributed by atoms with Gasteiger partial charge in [-0.3, -0.25) is 4.79 Å². The van der Waals surface area contributed by atoms with Crippen molar-refractivity contribution in [3.63, 3.8) is 0 Å². The number of esters is 1. The van der Waals surface area contributed by atoms with E-state index in [9.17, 15) is 18.0 Å². The Balaban J connectivity index is 1.60. The summed E-state index contributed by atoms with van der Waals surface area (Å²) in [7, 11) is -3.66. The van der Waals surface area contributed by atoms with E-state index >= 15 is 0 Å². The first kappa shape index (κ1) is 24.5. The van der Waals surface area contributed by atoms with Gasteiger partial charge in [0.1, 0.15) is 0 Å². The Bertz CT molecular complexity index is 965. The predicted octanol–water partition coefficient (Wildman–Crippen LogP) is 3.72. The number of piperidine rings is 1. The summed E-state index contributed by atoms with van der Waals surface area (Å²) in [6, 6.07) is 4.49. The largest absolute Gasteiger partial charge is 0.449 e. The van der Waals surface area contributed by atoms with Crippen molar-refractivity contribution in [2.75, 3.05) is 19.6 Å². The molecule has 0 aromatic heterocycles. The third-order valence-electron chi connectivity index (χ3n) is 6.17. The average molecular weight is 463 g/mol. The maximum absolute atomic E-state index is 13.0. The normalized spacial score (nSPS) is 18.5. The molecule has 0 bridgehead atoms. The molecule has 1 amide bonds. The zero-order chi connectivity index (χ0) is 23.1. The fraction of sp³-hybridized carbons (Fsp3) is 0.583. The number of rotatable bonds is 8. The van der Waals surface area contributed by atoms with Crippen molar-refractivity contribution >= 4 is 21.9 Å². The molecule has 1 aromatic carbocycles. The van der Waals surface area contributed by atoms with E-state index < -0.39 is 22.1 Å². The maximum Gasteiger partial charge on any atom is 0.339 e. The molecule has 1 aliphatic carbocycles. The summed E-state index contributed by atoms with van der Waals surface area (Å²) in [6.45, 7) is 4.73. The zero-order valence-corrected chi connectivity index (χ0v) is 19.9. The Kier molecular flexibility index (Phi) is 8.48. The molecule has 1 aromatic rings. The zero-order valence-electron chi connectivity index (χ0n) is 19.1. The van der Waals surface area contributed by atoms with E-state index in [4.69, 9.17) is 4.74 Å². The van der Waals surface area contributed by atoms with Crippen molar-refractivity contribution in [1.82, 2.24) is 9.62 Å². The van der Waals surface area contributed by atoms with Crippen molar-refractivity contribution in [2.45, 2.75) is 76.2 Å². The summed E-state index contributed by atoms with van der Waals surface area (Å²) < 4.78 is 32.7. The highest BCUT2D eigenvalue weighted by molar-refractivity contribution is 7.89. The number of benzene rings is 1. The third kappa shape index (κ3) is 6.19. The van der Waals surface area contributed by atoms with Crippen LogP contribution < -0.4 is 5.32 Å². The first-order valence-corrected chi connectivity index (χ1v) is 13.0. The smallest absolute Gasteiger partial charge is 0.339 e. The highest BCUT2D eigenvalue weighted by Crippen LogP contribution is 2.23. The number of allylic oxidation sites excluding steroid dienone is 1. The second-order valence-corrected chi connectivity index (χ2v) is 10.6. The molecule has 7 nitrogen and oxygen atoms in total. The lowest BCUT2D eigenvalue weighted by atomic mass is 9.97. The number of hydrogen-bond acceptors (Lipinski definition) is 5. The van der Waals surface area contributed by atoms with Crippen LogP contribution in [-0.4, -0.2) is 50.3 Å². The van der Waals surface area contributed by atoms with Crippen molar-refractivity contribution in [1.29, 1.82) is 0 Å². The van der Waals surface area contributed by atoms with Crippen LogP contribution in [0.5, 0.6) is 0 Å². The summed E-state index contributed by atoms with van der Waals surface area (Å²) in [5.74, 6) is -1.06. The van der Waals surface area contributed by atoms with E-state index in [0.29, 0.717) is 25.2 Å². The van der Waals surface area contributed by atoms with Gasteiger partial charge in [0, 0.05) is 19.6 Å². The molecule has 32 heavy (non-hydrogen) atoms. The Labute approximate surface area is 191 Å². The van der Waals surface area contributed by atoms with E-state index in [0.717, 1.165) is 38.5 Å². The molecule has 2 aliphatic rings. The number of hydrogen-bond donors (Lipinski definition) is 1. The molecule has 1 fully saturated rings. The van der Waals surface area contributed by atoms with Crippen LogP contribution in [0.15, 0.2) is 34.7 Å². The van der Waals surface area contributed by atoms with Crippen LogP contribution >= 0.6 is 0 Å². The quantitative estimate of drug-likeness (QED) is 0.469. The lowest BCUT2D eigenvalue weighted by Gasteiger charge is -2.26. The van der Waals surface area contributed by atoms with Gasteiger partial charge in [0.2, 0.25) is 10.0 Å². The summed E-state index contributed by atoms with van der Waals surface area (Å²) in [4.78, 5) is 25.2. The number of carbonyl (C=O) groups is 2. The van der Waals surface area contributed by atoms with Gasteiger partial charge >= 0.3 is 5.97 Å². The summed E-state index contributed by atoms with van der Waals surface area (Å²) >= 11 is 0. The standard InChI is InChI=1S/C24H34N2O5S/c1-18-11-12-21(32(29,30)26-15-7-4-8-16-26)17-22(18)24(28)31-19(2)23(27)25-14-13-20-9-5-3-6-10-20/h9,11-12,17,19H,3-8,10,13-16H2,1-2H3,(H,25,27)/t19-/m1/s1. The van der Waals surface area contributed by atoms with Crippen LogP contribution in [0.3, 0.4) is 0 Å². The van der Waals surface area contributed by atoms with Crippen LogP contribution in [0.2, 0.25) is 0 Å². The number of nitrogens with zero attached hydrogens (tertiary/aromatic N) is 1. The highest BCUT2D eigenvalue weighted by Gasteiger charge is 2.28. The van der Waals surface area contributed by atoms with E-state index in [1.807, 2.05) is 0 Å². The Hall–Kier alpha value is -2.19. The van der Waals surface area contributed by atoms with Crippen LogP contribution in [0.1, 0.15) is 74.2 Å². The number of carbonyl (C=O) groups excluding carboxylic acids is 2. The van der Waals surface area contributed by atoms with Gasteiger partial charge in [-0.1, -0.05) is 24.1 Å². The Morgan fingerprint density at radius 2 is 1.88 bits per heavy atom. The third-order valence-corrected chi connectivity index (χ3v) is 8.06. The van der Waals surface area contributed by atoms with Crippen molar-refractivity contribution in [3.05, 3.63) is 41.0 Å². The molecule has 0 saturated carbocycles. The molecule has 3 rings (SSSR count). The van der Waals surface area contributed by atoms with Crippen molar-refractivity contribution < 1.29 is 22.7 Å². The van der Waals surface area contributed by atoms with E-state index in [1.54, 1.807) is 13.0 Å². The van der Waals surface area contributed by atoms with Crippen LogP contribution in [-0.2, 0) is 19.6 Å². The number of ether oxygens (including phenoxy) is 1. The second kappa shape index (κ2) is 11.1. The molecule has 1 saturated heterocycles. The van der Waals surface area contributed by atoms with E-state index in [-0.39, 0.29) is 16.4 Å². The topological polar surface area (TPSA) is 92.8 Å². The molecule has 8 heteroatoms. The van der Waals surface area contributed by atoms with Crippen LogP contribution in [0.4, 0.5) is 0 Å². The molecule has 1 aliphatic heterocycles. The van der Waals surface area contributed by atoms with Gasteiger partial charge < -0.3 is 10.1 Å². The summed E-state index contributed by atoms with van der Waals surface area (Å²) in [5.41, 5.74) is 2.13. The Morgan fingerprint density at radius 1 is 1.12 bits per heavy atom. The van der Waals surface area contributed by atoms with Gasteiger partial charge in [0.25, 0.3) is 5.91 Å². The monoisotopic (exact) mass is 462 g/mol. The Morgan fingerprint density at radius 3 is 2.56 bits per heavy atom. The van der Waals surface area contributed by atoms with E-state index in [2.05, 4.69) is 11.4 Å². The van der Waals surface area contributed by atoms with Gasteiger partial charge in [-0.2, -0.15) is 4.31 Å². The van der Waals surface area contributed by atoms with Crippen LogP contribution in [0.25, 0.3) is 0 Å². The van der Waals surface area contributed by atoms with Gasteiger partial charge in [0.05, 0.1) is 10.5 Å². The summed E-state index contributed by atoms with van der Waals surface area (Å²) in [5, 5.41) is 2.82. The number of sulfonamides is 1. The first-order chi connectivity index (χ1) is 15.3. The molecule has 1 heterocycles. The summed E-state index contributed by atoms with van der Waals surface area (Å²) in [6.07, 6.45) is 9.38. The minimum atomic E-state index is -3.66. The van der Waals surface area contributed by atoms with Gasteiger partial charge in [0.15, 0.2) is 6.10 Å². The highest BCUT2D eigenvalue weighted by atomic mass is 32.2. The minimum absolute atomic E-state index is 0.0785. The fourth-order valence-electron chi connectivity index (χ4n) is 4.14. The number of nitrogens with one attached hydrogen (secondary N) is 1. The molecule has 1 atom stereocenters. The van der Waals surface area contributed by atoms with Crippen molar-refractivity contribution in [3.8, 4) is 0 Å². The minimum Gasteiger partial charge on any atom is -0.449 e. The first-order valence-electron chi connectivity index (χ1n) is 11.6. The van der Waals surface area contributed by atoms with E-state index in [1.165, 1.54) is 41.8 Å². The van der Waals surface area contributed by atoms with Gasteiger partial charge in [-0.25, -0.2) is 13.2 Å². The van der Waals surface area contributed by atoms with Gasteiger partial charge in [-0.15, -0.1) is 0 Å². The average Bonchev–Trinajstić information content (AvgIpc) is 2.80. The SMILES string of the molecule is Cc1ccc(S(=O)(=O)N2CCCCC2)cc1C(=O)O[C@H](C)C(=O)NCCC1=CCCCC1. The molecular formula is C24H34N2O5S. The lowest BCUT2D eigenvalue weighted by molar-refractivity contribution is -0.129. The number of aryl methyl sites for hydroxylation is 1. The van der Waals surface area contributed by atoms with Gasteiger partial charge in [-0.05, 0) is 76.5 Å². The molecule has 176 valence electrons. The fourth-order valence-corrected chi connectivity index (χ4v) is 5.68. The maximum atomic E-state index is 13.0. The predicted molar refractivity (Wildman–Crippen MR) is 123 cm³/mol. The van der Waals surface area contributed by atoms with Crippen LogP contribution in [0, 0.1) is 6.92 Å². The number of amides is 1. The molecular weight excluding hydrogens is 428 g/mol. The second-order valence-electron chi connectivity index (χ2n) is 8.64. The molecule has 0 radical (unpaired) electrons. The van der Waals surface area contributed by atoms with Crippen molar-refractivity contribution in [2.24, 2.45) is 0 Å². The lowest BCUT2D eigenvalue weighted by Crippen LogP contribution is -2.37. The molecule has 1 N–H and O–H groups in total. The molecule has 0 unspecified atom stereocenters. The molecule has 0 spiro atoms.